The van der Waals surface area contributed by atoms with Crippen LogP contribution in [-0.4, -0.2) is 20.8 Å². The van der Waals surface area contributed by atoms with Crippen LogP contribution in [0.2, 0.25) is 0 Å². The van der Waals surface area contributed by atoms with Crippen molar-refractivity contribution < 1.29 is 9.47 Å². The van der Waals surface area contributed by atoms with Gasteiger partial charge < -0.3 is 14.8 Å². The van der Waals surface area contributed by atoms with Crippen LogP contribution in [0.4, 0.5) is 0 Å². The van der Waals surface area contributed by atoms with Gasteiger partial charge in [-0.2, -0.15) is 0 Å². The summed E-state index contributed by atoms with van der Waals surface area (Å²) in [6.45, 7) is 9.93. The first-order valence-corrected chi connectivity index (χ1v) is 6.82. The number of rotatable bonds is 6. The molecular weight excluding hydrogens is 238 g/mol. The number of ether oxygens (including phenoxy) is 2. The van der Waals surface area contributed by atoms with Crippen LogP contribution in [0.25, 0.3) is 0 Å². The molecule has 1 unspecified atom stereocenters. The average molecular weight is 265 g/mol. The molecule has 19 heavy (non-hydrogen) atoms. The van der Waals surface area contributed by atoms with Crippen LogP contribution in [0.1, 0.15) is 45.7 Å². The van der Waals surface area contributed by atoms with Crippen molar-refractivity contribution in [3.8, 4) is 11.5 Å². The van der Waals surface area contributed by atoms with E-state index in [1.807, 2.05) is 12.1 Å². The normalized spacial score (nSPS) is 13.2. The summed E-state index contributed by atoms with van der Waals surface area (Å²) in [4.78, 5) is 0. The van der Waals surface area contributed by atoms with E-state index in [1.165, 1.54) is 0 Å². The molecular formula is C16H27NO2. The third-order valence-electron chi connectivity index (χ3n) is 3.23. The van der Waals surface area contributed by atoms with E-state index in [1.54, 1.807) is 14.2 Å². The molecule has 108 valence electrons. The zero-order chi connectivity index (χ0) is 14.5. The highest BCUT2D eigenvalue weighted by Gasteiger charge is 2.14. The Morgan fingerprint density at radius 2 is 1.84 bits per heavy atom. The van der Waals surface area contributed by atoms with Crippen LogP contribution in [-0.2, 0) is 0 Å². The van der Waals surface area contributed by atoms with Crippen LogP contribution in [0, 0.1) is 5.41 Å². The fraction of sp³-hybridized carbons (Fsp3) is 0.625. The Bertz CT molecular complexity index is 396. The first-order chi connectivity index (χ1) is 8.87. The predicted octanol–water partition coefficient (Wildman–Crippen LogP) is 3.79. The second-order valence-electron chi connectivity index (χ2n) is 6.09. The second kappa shape index (κ2) is 6.80. The molecule has 0 aliphatic rings. The van der Waals surface area contributed by atoms with Gasteiger partial charge in [0.05, 0.1) is 14.2 Å². The summed E-state index contributed by atoms with van der Waals surface area (Å²) in [5.74, 6) is 1.69. The smallest absolute Gasteiger partial charge is 0.127 e. The molecule has 0 saturated heterocycles. The van der Waals surface area contributed by atoms with Crippen molar-refractivity contribution in [1.82, 2.24) is 5.32 Å². The lowest BCUT2D eigenvalue weighted by Gasteiger charge is -2.22. The number of hydrogen-bond acceptors (Lipinski definition) is 3. The maximum Gasteiger partial charge on any atom is 0.127 e. The third-order valence-corrected chi connectivity index (χ3v) is 3.23. The molecule has 3 nitrogen and oxygen atoms in total. The largest absolute Gasteiger partial charge is 0.497 e. The molecule has 1 rings (SSSR count). The second-order valence-corrected chi connectivity index (χ2v) is 6.09. The van der Waals surface area contributed by atoms with Gasteiger partial charge in [-0.05, 0) is 31.4 Å². The summed E-state index contributed by atoms with van der Waals surface area (Å²) in [7, 11) is 3.36. The molecule has 3 heteroatoms. The van der Waals surface area contributed by atoms with Gasteiger partial charge in [0.2, 0.25) is 0 Å². The van der Waals surface area contributed by atoms with E-state index in [2.05, 4.69) is 39.1 Å². The van der Waals surface area contributed by atoms with Crippen LogP contribution in [0.5, 0.6) is 11.5 Å². The SMILES string of the molecule is COc1ccc(C(C)NCCC(C)(C)C)c(OC)c1. The van der Waals surface area contributed by atoms with E-state index in [0.717, 1.165) is 30.0 Å². The Balaban J connectivity index is 2.68. The van der Waals surface area contributed by atoms with Crippen molar-refractivity contribution in [2.24, 2.45) is 5.41 Å². The molecule has 0 aliphatic heterocycles. The van der Waals surface area contributed by atoms with Crippen molar-refractivity contribution in [3.05, 3.63) is 23.8 Å². The number of benzene rings is 1. The molecule has 0 heterocycles. The van der Waals surface area contributed by atoms with Crippen LogP contribution < -0.4 is 14.8 Å². The summed E-state index contributed by atoms with van der Waals surface area (Å²) in [6.07, 6.45) is 1.15. The molecule has 0 radical (unpaired) electrons. The van der Waals surface area contributed by atoms with Crippen molar-refractivity contribution in [2.45, 2.75) is 40.2 Å². The molecule has 0 aromatic heterocycles. The molecule has 0 spiro atoms. The molecule has 1 atom stereocenters. The Labute approximate surface area is 117 Å². The van der Waals surface area contributed by atoms with Gasteiger partial charge in [0.25, 0.3) is 0 Å². The molecule has 0 saturated carbocycles. The van der Waals surface area contributed by atoms with Crippen LogP contribution in [0.3, 0.4) is 0 Å². The van der Waals surface area contributed by atoms with Crippen LogP contribution >= 0.6 is 0 Å². The lowest BCUT2D eigenvalue weighted by atomic mass is 9.92. The third kappa shape index (κ3) is 5.11. The molecule has 0 bridgehead atoms. The minimum atomic E-state index is 0.267. The Morgan fingerprint density at radius 3 is 2.37 bits per heavy atom. The lowest BCUT2D eigenvalue weighted by molar-refractivity contribution is 0.353. The van der Waals surface area contributed by atoms with E-state index in [-0.39, 0.29) is 6.04 Å². The lowest BCUT2D eigenvalue weighted by Crippen LogP contribution is -2.24. The number of nitrogens with one attached hydrogen (secondary N) is 1. The topological polar surface area (TPSA) is 30.5 Å². The quantitative estimate of drug-likeness (QED) is 0.849. The van der Waals surface area contributed by atoms with Crippen LogP contribution in [0.15, 0.2) is 18.2 Å². The Hall–Kier alpha value is -1.22. The van der Waals surface area contributed by atoms with Crippen molar-refractivity contribution in [2.75, 3.05) is 20.8 Å². The summed E-state index contributed by atoms with van der Waals surface area (Å²) < 4.78 is 10.7. The van der Waals surface area contributed by atoms with Crippen molar-refractivity contribution in [1.29, 1.82) is 0 Å². The highest BCUT2D eigenvalue weighted by molar-refractivity contribution is 5.42. The van der Waals surface area contributed by atoms with Gasteiger partial charge in [-0.1, -0.05) is 26.8 Å². The van der Waals surface area contributed by atoms with Crippen molar-refractivity contribution >= 4 is 0 Å². The van der Waals surface area contributed by atoms with Gasteiger partial charge in [-0.25, -0.2) is 0 Å². The standard InChI is InChI=1S/C16H27NO2/c1-12(17-10-9-16(2,3)4)14-8-7-13(18-5)11-15(14)19-6/h7-8,11-12,17H,9-10H2,1-6H3. The zero-order valence-electron chi connectivity index (χ0n) is 13.0. The average Bonchev–Trinajstić information content (AvgIpc) is 2.36. The first kappa shape index (κ1) is 15.8. The Morgan fingerprint density at radius 1 is 1.16 bits per heavy atom. The molecule has 1 aromatic rings. The zero-order valence-corrected chi connectivity index (χ0v) is 13.0. The van der Waals surface area contributed by atoms with Gasteiger partial charge >= 0.3 is 0 Å². The fourth-order valence-electron chi connectivity index (χ4n) is 1.95. The summed E-state index contributed by atoms with van der Waals surface area (Å²) in [5, 5.41) is 3.55. The monoisotopic (exact) mass is 265 g/mol. The van der Waals surface area contributed by atoms with E-state index in [9.17, 15) is 0 Å². The number of hydrogen-bond donors (Lipinski definition) is 1. The highest BCUT2D eigenvalue weighted by Crippen LogP contribution is 2.29. The number of methoxy groups -OCH3 is 2. The summed E-state index contributed by atoms with van der Waals surface area (Å²) >= 11 is 0. The maximum absolute atomic E-state index is 5.44. The minimum Gasteiger partial charge on any atom is -0.497 e. The minimum absolute atomic E-state index is 0.267. The first-order valence-electron chi connectivity index (χ1n) is 6.82. The Kier molecular flexibility index (Phi) is 5.67. The van der Waals surface area contributed by atoms with Gasteiger partial charge in [0.1, 0.15) is 11.5 Å². The van der Waals surface area contributed by atoms with Crippen molar-refractivity contribution in [3.63, 3.8) is 0 Å². The molecule has 0 amide bonds. The van der Waals surface area contributed by atoms with Gasteiger partial charge in [0, 0.05) is 17.7 Å². The summed E-state index contributed by atoms with van der Waals surface area (Å²) in [6, 6.07) is 6.23. The van der Waals surface area contributed by atoms with E-state index < -0.39 is 0 Å². The highest BCUT2D eigenvalue weighted by atomic mass is 16.5. The van der Waals surface area contributed by atoms with Gasteiger partial charge in [-0.3, -0.25) is 0 Å². The van der Waals surface area contributed by atoms with E-state index in [0.29, 0.717) is 5.41 Å². The molecule has 1 N–H and O–H groups in total. The van der Waals surface area contributed by atoms with Gasteiger partial charge in [-0.15, -0.1) is 0 Å². The van der Waals surface area contributed by atoms with Gasteiger partial charge in [0.15, 0.2) is 0 Å². The maximum atomic E-state index is 5.44. The molecule has 1 aromatic carbocycles. The summed E-state index contributed by atoms with van der Waals surface area (Å²) in [5.41, 5.74) is 1.52. The molecule has 0 fully saturated rings. The van der Waals surface area contributed by atoms with E-state index >= 15 is 0 Å². The predicted molar refractivity (Wildman–Crippen MR) is 80.0 cm³/mol. The molecule has 0 aliphatic carbocycles. The fourth-order valence-corrected chi connectivity index (χ4v) is 1.95. The van der Waals surface area contributed by atoms with E-state index in [4.69, 9.17) is 9.47 Å².